The van der Waals surface area contributed by atoms with Crippen LogP contribution in [0.15, 0.2) is 60.7 Å². The fourth-order valence-electron chi connectivity index (χ4n) is 3.51. The van der Waals surface area contributed by atoms with Gasteiger partial charge < -0.3 is 9.84 Å². The third-order valence-corrected chi connectivity index (χ3v) is 5.55. The summed E-state index contributed by atoms with van der Waals surface area (Å²) >= 11 is 6.08. The summed E-state index contributed by atoms with van der Waals surface area (Å²) in [4.78, 5) is 4.67. The molecule has 2 aromatic carbocycles. The van der Waals surface area contributed by atoms with Gasteiger partial charge in [0.2, 0.25) is 0 Å². The molecule has 0 bridgehead atoms. The molecule has 4 heteroatoms. The molecule has 1 aliphatic rings. The minimum atomic E-state index is 0.161. The molecule has 3 nitrogen and oxygen atoms in total. The van der Waals surface area contributed by atoms with Crippen LogP contribution in [0.25, 0.3) is 28.8 Å². The van der Waals surface area contributed by atoms with E-state index in [4.69, 9.17) is 16.3 Å². The monoisotopic (exact) mass is 405 g/mol. The zero-order chi connectivity index (χ0) is 20.2. The maximum atomic E-state index is 9.66. The highest BCUT2D eigenvalue weighted by Gasteiger charge is 2.29. The van der Waals surface area contributed by atoms with Crippen molar-refractivity contribution in [2.75, 3.05) is 13.7 Å². The summed E-state index contributed by atoms with van der Waals surface area (Å²) in [6.45, 7) is 0.161. The van der Waals surface area contributed by atoms with E-state index in [1.807, 2.05) is 54.6 Å². The molecule has 0 radical (unpaired) electrons. The van der Waals surface area contributed by atoms with Crippen LogP contribution in [0.3, 0.4) is 0 Å². The van der Waals surface area contributed by atoms with Crippen molar-refractivity contribution in [1.29, 1.82) is 0 Å². The van der Waals surface area contributed by atoms with Gasteiger partial charge in [0.25, 0.3) is 0 Å². The molecule has 1 heterocycles. The number of aromatic nitrogens is 1. The summed E-state index contributed by atoms with van der Waals surface area (Å²) in [7, 11) is 1.68. The molecular formula is C25H24ClNO2. The van der Waals surface area contributed by atoms with Crippen molar-refractivity contribution in [3.63, 3.8) is 0 Å². The summed E-state index contributed by atoms with van der Waals surface area (Å²) in [5.74, 6) is 1.56. The third kappa shape index (κ3) is 4.87. The number of hydrogen-bond acceptors (Lipinski definition) is 3. The lowest BCUT2D eigenvalue weighted by Gasteiger charge is -2.12. The van der Waals surface area contributed by atoms with Gasteiger partial charge in [-0.1, -0.05) is 48.0 Å². The molecule has 1 aliphatic carbocycles. The Balaban J connectivity index is 1.57. The van der Waals surface area contributed by atoms with Crippen LogP contribution in [-0.4, -0.2) is 23.8 Å². The van der Waals surface area contributed by atoms with Gasteiger partial charge in [0.15, 0.2) is 0 Å². The van der Waals surface area contributed by atoms with E-state index in [2.05, 4.69) is 23.2 Å². The summed E-state index contributed by atoms with van der Waals surface area (Å²) in [6.07, 6.45) is 8.47. The Morgan fingerprint density at radius 2 is 2.00 bits per heavy atom. The summed E-state index contributed by atoms with van der Waals surface area (Å²) in [6, 6.07) is 18.0. The number of rotatable bonds is 7. The van der Waals surface area contributed by atoms with E-state index < -0.39 is 0 Å². The van der Waals surface area contributed by atoms with Gasteiger partial charge in [-0.3, -0.25) is 0 Å². The van der Waals surface area contributed by atoms with Crippen LogP contribution in [0.4, 0.5) is 0 Å². The fourth-order valence-corrected chi connectivity index (χ4v) is 3.68. The molecule has 1 saturated carbocycles. The zero-order valence-electron chi connectivity index (χ0n) is 16.4. The van der Waals surface area contributed by atoms with Crippen molar-refractivity contribution in [1.82, 2.24) is 4.98 Å². The maximum Gasteiger partial charge on any atom is 0.122 e. The molecule has 0 amide bonds. The van der Waals surface area contributed by atoms with Crippen LogP contribution in [-0.2, 0) is 4.74 Å². The van der Waals surface area contributed by atoms with Crippen LogP contribution in [0.5, 0.6) is 0 Å². The molecular weight excluding hydrogens is 382 g/mol. The highest BCUT2D eigenvalue weighted by atomic mass is 35.5. The first-order chi connectivity index (χ1) is 14.2. The predicted molar refractivity (Wildman–Crippen MR) is 120 cm³/mol. The molecule has 29 heavy (non-hydrogen) atoms. The molecule has 0 saturated heterocycles. The molecule has 4 rings (SSSR count). The second kappa shape index (κ2) is 8.81. The number of nitrogens with zero attached hydrogens (tertiary/aromatic N) is 1. The van der Waals surface area contributed by atoms with E-state index in [9.17, 15) is 5.11 Å². The Kier molecular flexibility index (Phi) is 5.98. The van der Waals surface area contributed by atoms with Crippen LogP contribution in [0.1, 0.15) is 29.7 Å². The molecule has 148 valence electrons. The van der Waals surface area contributed by atoms with Gasteiger partial charge in [0, 0.05) is 28.5 Å². The van der Waals surface area contributed by atoms with Crippen molar-refractivity contribution in [2.24, 2.45) is 11.8 Å². The number of fused-ring (bicyclic) bond motifs is 1. The van der Waals surface area contributed by atoms with Crippen molar-refractivity contribution >= 4 is 40.4 Å². The van der Waals surface area contributed by atoms with E-state index >= 15 is 0 Å². The van der Waals surface area contributed by atoms with E-state index in [0.717, 1.165) is 33.5 Å². The normalized spacial score (nSPS) is 15.8. The van der Waals surface area contributed by atoms with Crippen molar-refractivity contribution in [3.05, 3.63) is 82.5 Å². The van der Waals surface area contributed by atoms with Gasteiger partial charge in [-0.25, -0.2) is 4.98 Å². The summed E-state index contributed by atoms with van der Waals surface area (Å²) in [5, 5.41) is 11.4. The molecule has 1 aromatic heterocycles. The Hall–Kier alpha value is -2.62. The summed E-state index contributed by atoms with van der Waals surface area (Å²) < 4.78 is 5.62. The highest BCUT2D eigenvalue weighted by molar-refractivity contribution is 6.31. The van der Waals surface area contributed by atoms with Gasteiger partial charge >= 0.3 is 0 Å². The van der Waals surface area contributed by atoms with Crippen LogP contribution in [0.2, 0.25) is 5.02 Å². The zero-order valence-corrected chi connectivity index (χ0v) is 17.1. The minimum absolute atomic E-state index is 0.161. The molecule has 1 fully saturated rings. The number of methoxy groups -OCH3 is 1. The molecule has 1 unspecified atom stereocenters. The Bertz CT molecular complexity index is 1070. The minimum Gasteiger partial charge on any atom is -0.496 e. The first kappa shape index (κ1) is 19.7. The Morgan fingerprint density at radius 1 is 1.17 bits per heavy atom. The van der Waals surface area contributed by atoms with Crippen LogP contribution >= 0.6 is 11.6 Å². The van der Waals surface area contributed by atoms with E-state index in [1.54, 1.807) is 7.11 Å². The standard InChI is InChI=1S/C25H24ClNO2/c1-29-25(14-21(16-28)18-6-7-18)20-4-2-3-17(13-20)5-11-23-12-9-19-8-10-22(26)15-24(19)27-23/h2-5,8-15,18,21,28H,6-7,16H2,1H3/b11-5+,25-14+. The lowest BCUT2D eigenvalue weighted by atomic mass is 10.0. The molecule has 0 spiro atoms. The van der Waals surface area contributed by atoms with E-state index in [-0.39, 0.29) is 12.5 Å². The van der Waals surface area contributed by atoms with Crippen molar-refractivity contribution < 1.29 is 9.84 Å². The Morgan fingerprint density at radius 3 is 2.76 bits per heavy atom. The second-order valence-corrected chi connectivity index (χ2v) is 7.89. The number of aliphatic hydroxyl groups is 1. The highest BCUT2D eigenvalue weighted by Crippen LogP contribution is 2.38. The number of pyridine rings is 1. The third-order valence-electron chi connectivity index (χ3n) is 5.32. The smallest absolute Gasteiger partial charge is 0.122 e. The van der Waals surface area contributed by atoms with Gasteiger partial charge in [0.1, 0.15) is 5.76 Å². The number of ether oxygens (including phenoxy) is 1. The number of hydrogen-bond donors (Lipinski definition) is 1. The lowest BCUT2D eigenvalue weighted by molar-refractivity contribution is 0.237. The lowest BCUT2D eigenvalue weighted by Crippen LogP contribution is -2.06. The van der Waals surface area contributed by atoms with Gasteiger partial charge in [-0.15, -0.1) is 0 Å². The molecule has 3 aromatic rings. The van der Waals surface area contributed by atoms with Gasteiger partial charge in [0.05, 0.1) is 18.3 Å². The molecule has 0 aliphatic heterocycles. The van der Waals surface area contributed by atoms with Gasteiger partial charge in [-0.2, -0.15) is 0 Å². The van der Waals surface area contributed by atoms with E-state index in [0.29, 0.717) is 10.9 Å². The number of halogens is 1. The van der Waals surface area contributed by atoms with Crippen molar-refractivity contribution in [2.45, 2.75) is 12.8 Å². The molecule has 1 atom stereocenters. The van der Waals surface area contributed by atoms with Crippen molar-refractivity contribution in [3.8, 4) is 0 Å². The first-order valence-electron chi connectivity index (χ1n) is 9.88. The quantitative estimate of drug-likeness (QED) is 0.485. The van der Waals surface area contributed by atoms with E-state index in [1.165, 1.54) is 12.8 Å². The SMILES string of the molecule is CO/C(=C/C(CO)C1CC1)c1cccc(/C=C/c2ccc3ccc(Cl)cc3n2)c1. The second-order valence-electron chi connectivity index (χ2n) is 7.45. The first-order valence-corrected chi connectivity index (χ1v) is 10.3. The maximum absolute atomic E-state index is 9.66. The Labute approximate surface area is 176 Å². The van der Waals surface area contributed by atoms with Crippen LogP contribution in [0, 0.1) is 11.8 Å². The molecule has 1 N–H and O–H groups in total. The average molecular weight is 406 g/mol. The fraction of sp³-hybridized carbons (Fsp3) is 0.240. The predicted octanol–water partition coefficient (Wildman–Crippen LogP) is 6.06. The van der Waals surface area contributed by atoms with Crippen LogP contribution < -0.4 is 0 Å². The average Bonchev–Trinajstić information content (AvgIpc) is 3.58. The largest absolute Gasteiger partial charge is 0.496 e. The summed E-state index contributed by atoms with van der Waals surface area (Å²) in [5.41, 5.74) is 3.83. The topological polar surface area (TPSA) is 42.4 Å². The number of benzene rings is 2. The van der Waals surface area contributed by atoms with Gasteiger partial charge in [-0.05, 0) is 60.7 Å². The number of aliphatic hydroxyl groups excluding tert-OH is 1.